The first-order valence-electron chi connectivity index (χ1n) is 6.55. The Bertz CT molecular complexity index is 512. The number of carboxylic acids is 1. The molecule has 6 nitrogen and oxygen atoms in total. The largest absolute Gasteiger partial charge is 0.480 e. The van der Waals surface area contributed by atoms with Crippen molar-refractivity contribution in [2.75, 3.05) is 30.9 Å². The number of urea groups is 1. The molecule has 6 heteroatoms. The van der Waals surface area contributed by atoms with Crippen LogP contribution >= 0.6 is 0 Å². The van der Waals surface area contributed by atoms with E-state index in [-0.39, 0.29) is 18.6 Å². The maximum absolute atomic E-state index is 12.2. The lowest BCUT2D eigenvalue weighted by Gasteiger charge is -2.23. The Morgan fingerprint density at radius 3 is 2.50 bits per heavy atom. The van der Waals surface area contributed by atoms with Crippen LogP contribution in [0.15, 0.2) is 24.3 Å². The van der Waals surface area contributed by atoms with Gasteiger partial charge in [0.15, 0.2) is 0 Å². The monoisotopic (exact) mass is 277 g/mol. The SMILES string of the molecule is CN(C)c1ccccc1NC(=O)N(CC(=O)O)C1CC1. The molecule has 2 N–H and O–H groups in total. The highest BCUT2D eigenvalue weighted by atomic mass is 16.4. The lowest BCUT2D eigenvalue weighted by atomic mass is 10.2. The molecule has 0 heterocycles. The summed E-state index contributed by atoms with van der Waals surface area (Å²) in [6, 6.07) is 7.12. The van der Waals surface area contributed by atoms with E-state index in [9.17, 15) is 9.59 Å². The number of aliphatic carboxylic acids is 1. The number of anilines is 2. The minimum atomic E-state index is -0.993. The molecule has 0 atom stereocenters. The van der Waals surface area contributed by atoms with E-state index in [1.807, 2.05) is 37.2 Å². The highest BCUT2D eigenvalue weighted by Gasteiger charge is 2.34. The Morgan fingerprint density at radius 1 is 1.30 bits per heavy atom. The van der Waals surface area contributed by atoms with Crippen molar-refractivity contribution in [2.24, 2.45) is 0 Å². The molecule has 0 aromatic heterocycles. The first kappa shape index (κ1) is 14.2. The van der Waals surface area contributed by atoms with E-state index in [2.05, 4.69) is 5.32 Å². The fraction of sp³-hybridized carbons (Fsp3) is 0.429. The maximum Gasteiger partial charge on any atom is 0.323 e. The summed E-state index contributed by atoms with van der Waals surface area (Å²) in [6.07, 6.45) is 1.74. The summed E-state index contributed by atoms with van der Waals surface area (Å²) in [6.45, 7) is -0.263. The number of nitrogens with one attached hydrogen (secondary N) is 1. The molecule has 0 spiro atoms. The van der Waals surface area contributed by atoms with Crippen LogP contribution in [-0.4, -0.2) is 48.7 Å². The lowest BCUT2D eigenvalue weighted by molar-refractivity contribution is -0.137. The van der Waals surface area contributed by atoms with E-state index in [4.69, 9.17) is 5.11 Å². The van der Waals surface area contributed by atoms with E-state index >= 15 is 0 Å². The van der Waals surface area contributed by atoms with Crippen LogP contribution in [0.4, 0.5) is 16.2 Å². The van der Waals surface area contributed by atoms with Crippen molar-refractivity contribution in [3.05, 3.63) is 24.3 Å². The summed E-state index contributed by atoms with van der Waals surface area (Å²) in [4.78, 5) is 26.4. The van der Waals surface area contributed by atoms with Crippen molar-refractivity contribution in [3.63, 3.8) is 0 Å². The normalized spacial score (nSPS) is 13.7. The minimum absolute atomic E-state index is 0.0534. The number of carboxylic acid groups (broad SMARTS) is 1. The van der Waals surface area contributed by atoms with Gasteiger partial charge < -0.3 is 20.2 Å². The second-order valence-corrected chi connectivity index (χ2v) is 5.09. The van der Waals surface area contributed by atoms with Crippen LogP contribution in [0.25, 0.3) is 0 Å². The number of hydrogen-bond acceptors (Lipinski definition) is 3. The fourth-order valence-corrected chi connectivity index (χ4v) is 2.05. The number of hydrogen-bond donors (Lipinski definition) is 2. The Kier molecular flexibility index (Phi) is 4.12. The fourth-order valence-electron chi connectivity index (χ4n) is 2.05. The smallest absolute Gasteiger partial charge is 0.323 e. The molecule has 2 rings (SSSR count). The van der Waals surface area contributed by atoms with E-state index in [0.29, 0.717) is 5.69 Å². The van der Waals surface area contributed by atoms with Crippen molar-refractivity contribution in [1.82, 2.24) is 4.90 Å². The van der Waals surface area contributed by atoms with Gasteiger partial charge in [-0.15, -0.1) is 0 Å². The van der Waals surface area contributed by atoms with Crippen LogP contribution in [0.3, 0.4) is 0 Å². The van der Waals surface area contributed by atoms with Crippen molar-refractivity contribution >= 4 is 23.4 Å². The standard InChI is InChI=1S/C14H19N3O3/c1-16(2)12-6-4-3-5-11(12)15-14(20)17(9-13(18)19)10-7-8-10/h3-6,10H,7-9H2,1-2H3,(H,15,20)(H,18,19). The van der Waals surface area contributed by atoms with Crippen LogP contribution in [0.1, 0.15) is 12.8 Å². The van der Waals surface area contributed by atoms with Gasteiger partial charge in [-0.3, -0.25) is 4.79 Å². The second-order valence-electron chi connectivity index (χ2n) is 5.09. The van der Waals surface area contributed by atoms with E-state index in [0.717, 1.165) is 18.5 Å². The van der Waals surface area contributed by atoms with Gasteiger partial charge in [0.05, 0.1) is 11.4 Å². The maximum atomic E-state index is 12.2. The summed E-state index contributed by atoms with van der Waals surface area (Å²) >= 11 is 0. The molecule has 0 saturated heterocycles. The number of carbonyl (C=O) groups is 2. The molecule has 0 unspecified atom stereocenters. The summed E-state index contributed by atoms with van der Waals surface area (Å²) in [5, 5.41) is 11.7. The zero-order valence-corrected chi connectivity index (χ0v) is 11.7. The van der Waals surface area contributed by atoms with E-state index < -0.39 is 5.97 Å². The van der Waals surface area contributed by atoms with Crippen molar-refractivity contribution in [2.45, 2.75) is 18.9 Å². The first-order valence-corrected chi connectivity index (χ1v) is 6.55. The highest BCUT2D eigenvalue weighted by Crippen LogP contribution is 2.29. The number of amides is 2. The highest BCUT2D eigenvalue weighted by molar-refractivity contribution is 5.94. The van der Waals surface area contributed by atoms with Crippen LogP contribution in [0.2, 0.25) is 0 Å². The number of nitrogens with zero attached hydrogens (tertiary/aromatic N) is 2. The number of para-hydroxylation sites is 2. The Balaban J connectivity index is 2.12. The molecule has 20 heavy (non-hydrogen) atoms. The zero-order chi connectivity index (χ0) is 14.7. The summed E-state index contributed by atoms with van der Waals surface area (Å²) in [5.41, 5.74) is 1.56. The Morgan fingerprint density at radius 2 is 1.95 bits per heavy atom. The number of rotatable bonds is 5. The van der Waals surface area contributed by atoms with Gasteiger partial charge in [0.1, 0.15) is 6.54 Å². The average Bonchev–Trinajstić information content (AvgIpc) is 3.20. The van der Waals surface area contributed by atoms with Gasteiger partial charge in [-0.25, -0.2) is 4.79 Å². The second kappa shape index (κ2) is 5.81. The van der Waals surface area contributed by atoms with Crippen LogP contribution in [-0.2, 0) is 4.79 Å². The lowest BCUT2D eigenvalue weighted by Crippen LogP contribution is -2.40. The van der Waals surface area contributed by atoms with Gasteiger partial charge in [0.2, 0.25) is 0 Å². The van der Waals surface area contributed by atoms with Gasteiger partial charge in [0, 0.05) is 20.1 Å². The average molecular weight is 277 g/mol. The third kappa shape index (κ3) is 3.40. The van der Waals surface area contributed by atoms with Crippen molar-refractivity contribution in [3.8, 4) is 0 Å². The summed E-state index contributed by atoms with van der Waals surface area (Å²) in [7, 11) is 3.78. The van der Waals surface area contributed by atoms with Gasteiger partial charge in [-0.2, -0.15) is 0 Å². The van der Waals surface area contributed by atoms with E-state index in [1.54, 1.807) is 6.07 Å². The van der Waals surface area contributed by atoms with Gasteiger partial charge in [-0.05, 0) is 25.0 Å². The number of carbonyl (C=O) groups excluding carboxylic acids is 1. The minimum Gasteiger partial charge on any atom is -0.480 e. The predicted octanol–water partition coefficient (Wildman–Crippen LogP) is 1.83. The van der Waals surface area contributed by atoms with Crippen LogP contribution in [0, 0.1) is 0 Å². The van der Waals surface area contributed by atoms with E-state index in [1.165, 1.54) is 4.90 Å². The van der Waals surface area contributed by atoms with Gasteiger partial charge in [0.25, 0.3) is 0 Å². The molecule has 1 aliphatic rings. The molecule has 1 aliphatic carbocycles. The Hall–Kier alpha value is -2.24. The topological polar surface area (TPSA) is 72.9 Å². The molecular formula is C14H19N3O3. The van der Waals surface area contributed by atoms with Gasteiger partial charge >= 0.3 is 12.0 Å². The van der Waals surface area contributed by atoms with Crippen molar-refractivity contribution < 1.29 is 14.7 Å². The molecular weight excluding hydrogens is 258 g/mol. The molecule has 0 radical (unpaired) electrons. The molecule has 1 saturated carbocycles. The van der Waals surface area contributed by atoms with Crippen molar-refractivity contribution in [1.29, 1.82) is 0 Å². The molecule has 1 aromatic carbocycles. The quantitative estimate of drug-likeness (QED) is 0.861. The summed E-state index contributed by atoms with van der Waals surface area (Å²) < 4.78 is 0. The number of benzene rings is 1. The molecule has 108 valence electrons. The Labute approximate surface area is 118 Å². The molecule has 0 bridgehead atoms. The molecule has 0 aliphatic heterocycles. The molecule has 2 amide bonds. The summed E-state index contributed by atoms with van der Waals surface area (Å²) in [5.74, 6) is -0.993. The van der Waals surface area contributed by atoms with Gasteiger partial charge in [-0.1, -0.05) is 12.1 Å². The zero-order valence-electron chi connectivity index (χ0n) is 11.7. The third-order valence-corrected chi connectivity index (χ3v) is 3.18. The molecule has 1 fully saturated rings. The van der Waals surface area contributed by atoms with Crippen LogP contribution in [0.5, 0.6) is 0 Å². The first-order chi connectivity index (χ1) is 9.49. The van der Waals surface area contributed by atoms with Crippen LogP contribution < -0.4 is 10.2 Å². The molecule has 1 aromatic rings. The third-order valence-electron chi connectivity index (χ3n) is 3.18. The predicted molar refractivity (Wildman–Crippen MR) is 77.2 cm³/mol.